The fourth-order valence-corrected chi connectivity index (χ4v) is 4.43. The van der Waals surface area contributed by atoms with Gasteiger partial charge in [-0.1, -0.05) is 30.3 Å². The molecule has 1 aliphatic rings. The van der Waals surface area contributed by atoms with E-state index < -0.39 is 5.60 Å². The Hall–Kier alpha value is -2.61. The molecule has 0 bridgehead atoms. The summed E-state index contributed by atoms with van der Waals surface area (Å²) in [6.07, 6.45) is 0. The molecule has 12 heteroatoms. The van der Waals surface area contributed by atoms with Gasteiger partial charge < -0.3 is 28.6 Å². The zero-order chi connectivity index (χ0) is 32.2. The van der Waals surface area contributed by atoms with Gasteiger partial charge in [-0.25, -0.2) is 0 Å². The molecule has 44 heavy (non-hydrogen) atoms. The maximum atomic E-state index is 12.8. The first-order valence-corrected chi connectivity index (χ1v) is 15.6. The zero-order valence-electron chi connectivity index (χ0n) is 27.5. The van der Waals surface area contributed by atoms with Gasteiger partial charge >= 0.3 is 17.9 Å². The first-order valence-electron chi connectivity index (χ1n) is 15.6. The van der Waals surface area contributed by atoms with E-state index in [4.69, 9.17) is 23.7 Å². The summed E-state index contributed by atoms with van der Waals surface area (Å²) in [5.41, 5.74) is 0.377. The maximum Gasteiger partial charge on any atom is 0.320 e. The van der Waals surface area contributed by atoms with Gasteiger partial charge in [0.25, 0.3) is 0 Å². The summed E-state index contributed by atoms with van der Waals surface area (Å²) < 4.78 is 28.1. The SMILES string of the molecule is CCOC(=O)CN1CCOCCN(C)CCN(CC(=O)OC(C)(C)C)CCOCCN(CC(=O)OCc2ccccc2)CC1. The molecular weight excluding hydrogens is 568 g/mol. The van der Waals surface area contributed by atoms with E-state index in [0.717, 1.165) is 18.7 Å². The molecule has 1 heterocycles. The zero-order valence-corrected chi connectivity index (χ0v) is 27.5. The van der Waals surface area contributed by atoms with Crippen molar-refractivity contribution in [2.75, 3.05) is 112 Å². The lowest BCUT2D eigenvalue weighted by Crippen LogP contribution is -2.43. The number of nitrogens with zero attached hydrogens (tertiary/aromatic N) is 4. The standard InChI is InChI=1S/C32H54N4O8/c1-6-42-29(37)24-35-14-15-36(25-30(38)43-27-28-10-8-7-9-11-28)19-23-41-22-17-34(26-31(39)44-32(2,3)4)13-12-33(5)16-20-40-21-18-35/h7-11H,6,12-27H2,1-5H3. The third-order valence-corrected chi connectivity index (χ3v) is 6.83. The third kappa shape index (κ3) is 18.3. The Morgan fingerprint density at radius 2 is 1.16 bits per heavy atom. The average Bonchev–Trinajstić information content (AvgIpc) is 2.95. The largest absolute Gasteiger partial charge is 0.465 e. The van der Waals surface area contributed by atoms with Crippen molar-refractivity contribution in [2.45, 2.75) is 39.9 Å². The lowest BCUT2D eigenvalue weighted by molar-refractivity contribution is -0.156. The van der Waals surface area contributed by atoms with Crippen LogP contribution >= 0.6 is 0 Å². The van der Waals surface area contributed by atoms with Crippen LogP contribution in [0.4, 0.5) is 0 Å². The van der Waals surface area contributed by atoms with E-state index in [1.165, 1.54) is 0 Å². The highest BCUT2D eigenvalue weighted by Gasteiger charge is 2.20. The monoisotopic (exact) mass is 622 g/mol. The predicted molar refractivity (Wildman–Crippen MR) is 167 cm³/mol. The van der Waals surface area contributed by atoms with E-state index in [1.54, 1.807) is 6.92 Å². The Morgan fingerprint density at radius 3 is 1.68 bits per heavy atom. The van der Waals surface area contributed by atoms with Crippen LogP contribution in [0.15, 0.2) is 30.3 Å². The molecule has 250 valence electrons. The van der Waals surface area contributed by atoms with Crippen LogP contribution in [0.5, 0.6) is 0 Å². The lowest BCUT2D eigenvalue weighted by Gasteiger charge is -2.28. The molecule has 0 aliphatic carbocycles. The highest BCUT2D eigenvalue weighted by molar-refractivity contribution is 5.72. The molecule has 0 radical (unpaired) electrons. The molecule has 0 spiro atoms. The van der Waals surface area contributed by atoms with Crippen molar-refractivity contribution in [1.29, 1.82) is 0 Å². The predicted octanol–water partition coefficient (Wildman–Crippen LogP) is 1.52. The minimum Gasteiger partial charge on any atom is -0.465 e. The van der Waals surface area contributed by atoms with Crippen LogP contribution in [0.1, 0.15) is 33.3 Å². The molecule has 0 saturated carbocycles. The van der Waals surface area contributed by atoms with Gasteiger partial charge in [0.05, 0.1) is 52.7 Å². The molecule has 1 fully saturated rings. The Balaban J connectivity index is 2.03. The quantitative estimate of drug-likeness (QED) is 0.294. The van der Waals surface area contributed by atoms with E-state index in [9.17, 15) is 14.4 Å². The van der Waals surface area contributed by atoms with E-state index in [-0.39, 0.29) is 44.1 Å². The molecule has 0 amide bonds. The Bertz CT molecular complexity index is 959. The second-order valence-electron chi connectivity index (χ2n) is 11.9. The van der Waals surface area contributed by atoms with Gasteiger partial charge in [-0.05, 0) is 40.3 Å². The van der Waals surface area contributed by atoms with E-state index in [2.05, 4.69) is 4.90 Å². The van der Waals surface area contributed by atoms with Crippen LogP contribution in [-0.4, -0.2) is 155 Å². The van der Waals surface area contributed by atoms with Crippen LogP contribution in [0, 0.1) is 0 Å². The summed E-state index contributed by atoms with van der Waals surface area (Å²) in [5.74, 6) is -0.885. The summed E-state index contributed by atoms with van der Waals surface area (Å²) >= 11 is 0. The minimum absolute atomic E-state index is 0.0943. The molecule has 1 aromatic rings. The topological polar surface area (TPSA) is 110 Å². The number of likely N-dealkylation sites (N-methyl/N-ethyl adjacent to an activating group) is 1. The lowest BCUT2D eigenvalue weighted by atomic mass is 10.2. The number of carbonyl (C=O) groups excluding carboxylic acids is 3. The average molecular weight is 623 g/mol. The maximum absolute atomic E-state index is 12.8. The van der Waals surface area contributed by atoms with Gasteiger partial charge in [0.1, 0.15) is 12.2 Å². The normalized spacial score (nSPS) is 18.6. The van der Waals surface area contributed by atoms with Crippen LogP contribution in [0.25, 0.3) is 0 Å². The fourth-order valence-electron chi connectivity index (χ4n) is 4.43. The molecule has 2 rings (SSSR count). The Labute approximate surface area is 263 Å². The summed E-state index contributed by atoms with van der Waals surface area (Å²) in [6.45, 7) is 15.0. The number of rotatable bonds is 9. The van der Waals surface area contributed by atoms with Gasteiger partial charge in [0.15, 0.2) is 0 Å². The van der Waals surface area contributed by atoms with Gasteiger partial charge in [0, 0.05) is 52.4 Å². The van der Waals surface area contributed by atoms with Gasteiger partial charge in [-0.2, -0.15) is 0 Å². The van der Waals surface area contributed by atoms with Crippen molar-refractivity contribution >= 4 is 17.9 Å². The highest BCUT2D eigenvalue weighted by Crippen LogP contribution is 2.08. The van der Waals surface area contributed by atoms with Crippen molar-refractivity contribution in [3.8, 4) is 0 Å². The molecule has 0 atom stereocenters. The number of ether oxygens (including phenoxy) is 5. The number of benzene rings is 1. The summed E-state index contributed by atoms with van der Waals surface area (Å²) in [6, 6.07) is 9.56. The van der Waals surface area contributed by atoms with Crippen LogP contribution < -0.4 is 0 Å². The molecular formula is C32H54N4O8. The van der Waals surface area contributed by atoms with E-state index in [0.29, 0.717) is 72.3 Å². The van der Waals surface area contributed by atoms with Crippen LogP contribution in [-0.2, 0) is 44.7 Å². The number of esters is 3. The molecule has 0 N–H and O–H groups in total. The van der Waals surface area contributed by atoms with Gasteiger partial charge in [-0.3, -0.25) is 29.1 Å². The molecule has 1 saturated heterocycles. The van der Waals surface area contributed by atoms with Gasteiger partial charge in [-0.15, -0.1) is 0 Å². The Kier molecular flexibility index (Phi) is 18.1. The van der Waals surface area contributed by atoms with Crippen molar-refractivity contribution in [2.24, 2.45) is 0 Å². The van der Waals surface area contributed by atoms with Crippen LogP contribution in [0.2, 0.25) is 0 Å². The summed E-state index contributed by atoms with van der Waals surface area (Å²) in [5, 5.41) is 0. The minimum atomic E-state index is -0.546. The van der Waals surface area contributed by atoms with Gasteiger partial charge in [0.2, 0.25) is 0 Å². The molecule has 1 aromatic carbocycles. The third-order valence-electron chi connectivity index (χ3n) is 6.83. The van der Waals surface area contributed by atoms with Crippen molar-refractivity contribution in [3.63, 3.8) is 0 Å². The smallest absolute Gasteiger partial charge is 0.320 e. The second kappa shape index (κ2) is 21.2. The second-order valence-corrected chi connectivity index (χ2v) is 11.9. The van der Waals surface area contributed by atoms with Crippen molar-refractivity contribution in [1.82, 2.24) is 19.6 Å². The number of hydrogen-bond acceptors (Lipinski definition) is 12. The molecule has 12 nitrogen and oxygen atoms in total. The number of carbonyl (C=O) groups is 3. The Morgan fingerprint density at radius 1 is 0.682 bits per heavy atom. The highest BCUT2D eigenvalue weighted by atomic mass is 16.6. The molecule has 0 unspecified atom stereocenters. The van der Waals surface area contributed by atoms with E-state index in [1.807, 2.05) is 72.9 Å². The van der Waals surface area contributed by atoms with Crippen molar-refractivity contribution in [3.05, 3.63) is 35.9 Å². The van der Waals surface area contributed by atoms with Crippen molar-refractivity contribution < 1.29 is 38.1 Å². The summed E-state index contributed by atoms with van der Waals surface area (Å²) in [7, 11) is 2.02. The van der Waals surface area contributed by atoms with E-state index >= 15 is 0 Å². The van der Waals surface area contributed by atoms with Crippen LogP contribution in [0.3, 0.4) is 0 Å². The number of hydrogen-bond donors (Lipinski definition) is 0. The first-order chi connectivity index (χ1) is 21.0. The fraction of sp³-hybridized carbons (Fsp3) is 0.719. The summed E-state index contributed by atoms with van der Waals surface area (Å²) in [4.78, 5) is 45.7. The first kappa shape index (κ1) is 37.6. The molecule has 1 aliphatic heterocycles. The molecule has 0 aromatic heterocycles.